The molecule has 4 aromatic rings. The van der Waals surface area contributed by atoms with E-state index >= 15 is 0 Å². The van der Waals surface area contributed by atoms with Gasteiger partial charge in [-0.15, -0.1) is 0 Å². The van der Waals surface area contributed by atoms with Crippen LogP contribution in [0.4, 0.5) is 32.2 Å². The Balaban J connectivity index is 0.000000301. The van der Waals surface area contributed by atoms with Crippen molar-refractivity contribution in [1.29, 1.82) is 0 Å². The van der Waals surface area contributed by atoms with Gasteiger partial charge in [-0.25, -0.2) is 24.5 Å². The molecule has 11 nitrogen and oxygen atoms in total. The molecule has 4 rings (SSSR count). The number of pyridine rings is 2. The fourth-order valence-electron chi connectivity index (χ4n) is 2.45. The maximum Gasteiger partial charge on any atom is 0.490 e. The standard InChI is InChI=1S/C17H12N6O.2C2HF3O2/c24-17(21-14-6-9-19-11-20-14)15-13-3-1-2-10-23(13)16(22-15)12-4-7-18-8-5-12;2*3-2(4,5)1(6)7/h1-11H,(H,19,20,21,24);2*(H,6,7). The number of fused-ring (bicyclic) bond motifs is 1. The number of aliphatic carboxylic acids is 2. The number of aromatic nitrogens is 5. The number of carboxylic acid groups (broad SMARTS) is 2. The molecule has 38 heavy (non-hydrogen) atoms. The van der Waals surface area contributed by atoms with Crippen LogP contribution in [0.1, 0.15) is 10.5 Å². The van der Waals surface area contributed by atoms with Gasteiger partial charge < -0.3 is 15.5 Å². The normalized spacial score (nSPS) is 10.9. The van der Waals surface area contributed by atoms with Crippen molar-refractivity contribution < 1.29 is 50.9 Å². The van der Waals surface area contributed by atoms with E-state index in [0.29, 0.717) is 17.3 Å². The maximum atomic E-state index is 12.6. The Morgan fingerprint density at radius 2 is 1.37 bits per heavy atom. The average molecular weight is 544 g/mol. The Labute approximate surface area is 207 Å². The topological polar surface area (TPSA) is 160 Å². The van der Waals surface area contributed by atoms with Gasteiger partial charge in [0.25, 0.3) is 5.91 Å². The quantitative estimate of drug-likeness (QED) is 0.327. The van der Waals surface area contributed by atoms with Crippen molar-refractivity contribution in [2.75, 3.05) is 5.32 Å². The van der Waals surface area contributed by atoms with Crippen molar-refractivity contribution >= 4 is 29.2 Å². The number of nitrogens with zero attached hydrogens (tertiary/aromatic N) is 5. The second kappa shape index (κ2) is 12.2. The van der Waals surface area contributed by atoms with Gasteiger partial charge in [-0.05, 0) is 30.3 Å². The summed E-state index contributed by atoms with van der Waals surface area (Å²) < 4.78 is 65.4. The van der Waals surface area contributed by atoms with Crippen molar-refractivity contribution in [2.45, 2.75) is 12.4 Å². The van der Waals surface area contributed by atoms with Crippen LogP contribution in [0.3, 0.4) is 0 Å². The predicted molar refractivity (Wildman–Crippen MR) is 116 cm³/mol. The number of amides is 1. The minimum Gasteiger partial charge on any atom is -0.475 e. The first kappa shape index (κ1) is 29.1. The van der Waals surface area contributed by atoms with Crippen LogP contribution in [0.15, 0.2) is 67.5 Å². The summed E-state index contributed by atoms with van der Waals surface area (Å²) in [4.78, 5) is 46.8. The second-order valence-corrected chi connectivity index (χ2v) is 6.63. The summed E-state index contributed by atoms with van der Waals surface area (Å²) in [6.07, 6.45) is -1.96. The zero-order valence-corrected chi connectivity index (χ0v) is 18.5. The molecule has 0 saturated heterocycles. The van der Waals surface area contributed by atoms with Crippen LogP contribution < -0.4 is 5.32 Å². The lowest BCUT2D eigenvalue weighted by atomic mass is 10.2. The van der Waals surface area contributed by atoms with E-state index in [-0.39, 0.29) is 5.91 Å². The summed E-state index contributed by atoms with van der Waals surface area (Å²) in [6, 6.07) is 11.0. The van der Waals surface area contributed by atoms with E-state index < -0.39 is 24.3 Å². The number of hydrogen-bond donors (Lipinski definition) is 3. The van der Waals surface area contributed by atoms with Gasteiger partial charge in [0.2, 0.25) is 0 Å². The van der Waals surface area contributed by atoms with Gasteiger partial charge in [0.1, 0.15) is 18.0 Å². The van der Waals surface area contributed by atoms with Crippen LogP contribution in [0.5, 0.6) is 0 Å². The summed E-state index contributed by atoms with van der Waals surface area (Å²) in [5.74, 6) is -4.73. The lowest BCUT2D eigenvalue weighted by molar-refractivity contribution is -0.193. The Morgan fingerprint density at radius 1 is 0.816 bits per heavy atom. The van der Waals surface area contributed by atoms with E-state index in [1.165, 1.54) is 6.33 Å². The van der Waals surface area contributed by atoms with Gasteiger partial charge in [0.05, 0.1) is 5.52 Å². The van der Waals surface area contributed by atoms with Crippen LogP contribution in [0, 0.1) is 0 Å². The van der Waals surface area contributed by atoms with E-state index in [4.69, 9.17) is 19.8 Å². The van der Waals surface area contributed by atoms with Crippen molar-refractivity contribution in [2.24, 2.45) is 0 Å². The van der Waals surface area contributed by atoms with Crippen molar-refractivity contribution in [3.8, 4) is 11.4 Å². The summed E-state index contributed by atoms with van der Waals surface area (Å²) in [6.45, 7) is 0. The van der Waals surface area contributed by atoms with Crippen molar-refractivity contribution in [3.63, 3.8) is 0 Å². The molecule has 0 bridgehead atoms. The number of alkyl halides is 6. The third kappa shape index (κ3) is 8.25. The third-order valence-electron chi connectivity index (χ3n) is 4.01. The number of halogens is 6. The number of rotatable bonds is 3. The molecule has 0 unspecified atom stereocenters. The average Bonchev–Trinajstić information content (AvgIpc) is 3.25. The second-order valence-electron chi connectivity index (χ2n) is 6.63. The molecule has 0 radical (unpaired) electrons. The molecule has 200 valence electrons. The van der Waals surface area contributed by atoms with E-state index in [9.17, 15) is 31.1 Å². The predicted octanol–water partition coefficient (Wildman–Crippen LogP) is 3.71. The molecule has 0 saturated carbocycles. The Bertz CT molecular complexity index is 1370. The molecule has 0 aliphatic heterocycles. The molecular weight excluding hydrogens is 530 g/mol. The molecular formula is C21H14F6N6O5. The molecule has 0 fully saturated rings. The third-order valence-corrected chi connectivity index (χ3v) is 4.01. The number of carbonyl (C=O) groups is 3. The lowest BCUT2D eigenvalue weighted by Crippen LogP contribution is -2.21. The van der Waals surface area contributed by atoms with Crippen LogP contribution in [0.2, 0.25) is 0 Å². The Kier molecular flexibility index (Phi) is 9.39. The molecule has 1 amide bonds. The molecule has 0 aromatic carbocycles. The van der Waals surface area contributed by atoms with E-state index in [2.05, 4.69) is 25.3 Å². The number of carbonyl (C=O) groups excluding carboxylic acids is 1. The molecule has 4 aromatic heterocycles. The first-order valence-corrected chi connectivity index (χ1v) is 9.77. The highest BCUT2D eigenvalue weighted by Crippen LogP contribution is 2.23. The monoisotopic (exact) mass is 544 g/mol. The summed E-state index contributed by atoms with van der Waals surface area (Å²) in [5, 5.41) is 17.0. The zero-order valence-electron chi connectivity index (χ0n) is 18.5. The minimum absolute atomic E-state index is 0.322. The number of hydrogen-bond acceptors (Lipinski definition) is 7. The first-order valence-electron chi connectivity index (χ1n) is 9.77. The van der Waals surface area contributed by atoms with Gasteiger partial charge in [0, 0.05) is 30.4 Å². The minimum atomic E-state index is -5.08. The van der Waals surface area contributed by atoms with Crippen LogP contribution >= 0.6 is 0 Å². The Morgan fingerprint density at radius 3 is 1.87 bits per heavy atom. The summed E-state index contributed by atoms with van der Waals surface area (Å²) in [5.41, 5.74) is 1.93. The molecule has 0 atom stereocenters. The molecule has 0 spiro atoms. The zero-order chi connectivity index (χ0) is 28.5. The smallest absolute Gasteiger partial charge is 0.475 e. The van der Waals surface area contributed by atoms with Gasteiger partial charge in [-0.3, -0.25) is 14.2 Å². The fourth-order valence-corrected chi connectivity index (χ4v) is 2.45. The maximum absolute atomic E-state index is 12.6. The van der Waals surface area contributed by atoms with Gasteiger partial charge >= 0.3 is 24.3 Å². The number of carboxylic acids is 2. The van der Waals surface area contributed by atoms with Gasteiger partial charge in [-0.2, -0.15) is 26.3 Å². The largest absolute Gasteiger partial charge is 0.490 e. The van der Waals surface area contributed by atoms with Gasteiger partial charge in [0.15, 0.2) is 5.69 Å². The van der Waals surface area contributed by atoms with E-state index in [1.807, 2.05) is 40.9 Å². The van der Waals surface area contributed by atoms with E-state index in [0.717, 1.165) is 11.1 Å². The summed E-state index contributed by atoms with van der Waals surface area (Å²) >= 11 is 0. The highest BCUT2D eigenvalue weighted by atomic mass is 19.4. The number of anilines is 1. The Hall–Kier alpha value is -5.09. The van der Waals surface area contributed by atoms with Crippen molar-refractivity contribution in [3.05, 3.63) is 73.2 Å². The highest BCUT2D eigenvalue weighted by molar-refractivity contribution is 6.07. The lowest BCUT2D eigenvalue weighted by Gasteiger charge is -2.01. The van der Waals surface area contributed by atoms with Crippen LogP contribution in [-0.4, -0.2) is 64.7 Å². The number of imidazole rings is 1. The number of nitrogens with one attached hydrogen (secondary N) is 1. The summed E-state index contributed by atoms with van der Waals surface area (Å²) in [7, 11) is 0. The van der Waals surface area contributed by atoms with Crippen molar-refractivity contribution in [1.82, 2.24) is 24.3 Å². The molecule has 4 heterocycles. The first-order chi connectivity index (χ1) is 17.7. The SMILES string of the molecule is O=C(Nc1ccncn1)c1nc(-c2ccncc2)n2ccccc12.O=C(O)C(F)(F)F.O=C(O)C(F)(F)F. The van der Waals surface area contributed by atoms with Crippen LogP contribution in [-0.2, 0) is 9.59 Å². The van der Waals surface area contributed by atoms with Crippen LogP contribution in [0.25, 0.3) is 16.9 Å². The molecule has 0 aliphatic rings. The molecule has 3 N–H and O–H groups in total. The van der Waals surface area contributed by atoms with E-state index in [1.54, 1.807) is 24.7 Å². The van der Waals surface area contributed by atoms with Gasteiger partial charge in [-0.1, -0.05) is 6.07 Å². The molecule has 0 aliphatic carbocycles. The highest BCUT2D eigenvalue weighted by Gasteiger charge is 2.38. The fraction of sp³-hybridized carbons (Fsp3) is 0.0952. The molecule has 17 heteroatoms.